The van der Waals surface area contributed by atoms with Gasteiger partial charge in [-0.2, -0.15) is 0 Å². The Labute approximate surface area is 90.5 Å². The van der Waals surface area contributed by atoms with Crippen LogP contribution in [0.1, 0.15) is 42.7 Å². The van der Waals surface area contributed by atoms with Crippen LogP contribution >= 0.6 is 0 Å². The summed E-state index contributed by atoms with van der Waals surface area (Å²) in [5.74, 6) is 1.04. The Morgan fingerprint density at radius 2 is 1.87 bits per heavy atom. The van der Waals surface area contributed by atoms with Crippen molar-refractivity contribution in [1.82, 2.24) is 0 Å². The molecule has 1 aromatic carbocycles. The maximum absolute atomic E-state index is 11.7. The molecule has 0 N–H and O–H groups in total. The maximum Gasteiger partial charge on any atom is 0.140 e. The first-order valence-electron chi connectivity index (χ1n) is 5.82. The van der Waals surface area contributed by atoms with Gasteiger partial charge in [-0.3, -0.25) is 4.79 Å². The summed E-state index contributed by atoms with van der Waals surface area (Å²) in [5.41, 5.74) is 2.75. The molecule has 1 heteroatoms. The Bertz CT molecular complexity index is 398. The van der Waals surface area contributed by atoms with Crippen LogP contribution in [-0.4, -0.2) is 5.78 Å². The van der Waals surface area contributed by atoms with E-state index in [1.165, 1.54) is 17.5 Å². The number of Topliss-reactive ketones (excluding diaryl/α,β-unsaturated/α-hetero) is 1. The summed E-state index contributed by atoms with van der Waals surface area (Å²) in [4.78, 5) is 11.7. The Morgan fingerprint density at radius 1 is 1.20 bits per heavy atom. The van der Waals surface area contributed by atoms with Crippen LogP contribution < -0.4 is 0 Å². The summed E-state index contributed by atoms with van der Waals surface area (Å²) in [6.07, 6.45) is 4.28. The van der Waals surface area contributed by atoms with Crippen molar-refractivity contribution < 1.29 is 4.79 Å². The summed E-state index contributed by atoms with van der Waals surface area (Å²) in [6, 6.07) is 8.72. The van der Waals surface area contributed by atoms with Crippen LogP contribution in [0.25, 0.3) is 0 Å². The number of ketones is 1. The second-order valence-electron chi connectivity index (χ2n) is 5.10. The van der Waals surface area contributed by atoms with E-state index in [0.29, 0.717) is 11.7 Å². The molecule has 0 amide bonds. The third kappa shape index (κ3) is 1.12. The molecule has 0 aliphatic heterocycles. The van der Waals surface area contributed by atoms with Crippen LogP contribution in [0.4, 0.5) is 0 Å². The van der Waals surface area contributed by atoms with Gasteiger partial charge in [0.15, 0.2) is 0 Å². The minimum absolute atomic E-state index is 0.0786. The highest BCUT2D eigenvalue weighted by atomic mass is 16.1. The van der Waals surface area contributed by atoms with Crippen LogP contribution in [0.5, 0.6) is 0 Å². The lowest BCUT2D eigenvalue weighted by Crippen LogP contribution is -2.52. The first-order valence-corrected chi connectivity index (χ1v) is 5.82. The Morgan fingerprint density at radius 3 is 2.33 bits per heavy atom. The van der Waals surface area contributed by atoms with Crippen molar-refractivity contribution in [2.75, 3.05) is 0 Å². The lowest BCUT2D eigenvalue weighted by molar-refractivity contribution is -0.148. The largest absolute Gasteiger partial charge is 0.299 e. The number of rotatable bonds is 1. The molecule has 78 valence electrons. The quantitative estimate of drug-likeness (QED) is 0.680. The normalized spacial score (nSPS) is 27.3. The molecule has 0 heterocycles. The van der Waals surface area contributed by atoms with Crippen LogP contribution in [-0.2, 0) is 4.79 Å². The van der Waals surface area contributed by atoms with Crippen molar-refractivity contribution in [3.8, 4) is 0 Å². The van der Waals surface area contributed by atoms with Crippen molar-refractivity contribution in [1.29, 1.82) is 0 Å². The zero-order valence-electron chi connectivity index (χ0n) is 9.12. The van der Waals surface area contributed by atoms with Gasteiger partial charge in [-0.1, -0.05) is 36.2 Å². The third-order valence-electron chi connectivity index (χ3n) is 4.34. The molecule has 1 atom stereocenters. The minimum Gasteiger partial charge on any atom is -0.299 e. The average molecular weight is 200 g/mol. The van der Waals surface area contributed by atoms with Crippen molar-refractivity contribution in [2.24, 2.45) is 5.41 Å². The fourth-order valence-corrected chi connectivity index (χ4v) is 3.07. The molecule has 0 radical (unpaired) electrons. The van der Waals surface area contributed by atoms with Gasteiger partial charge in [0.05, 0.1) is 0 Å². The van der Waals surface area contributed by atoms with E-state index in [9.17, 15) is 4.79 Å². The van der Waals surface area contributed by atoms with E-state index < -0.39 is 0 Å². The standard InChI is InChI=1S/C14H16O/c1-10-3-5-11(6-4-10)12-9-13(15)14(12)7-2-8-14/h3-6,12H,2,7-9H2,1H3. The number of carbonyl (C=O) groups excluding carboxylic acids is 1. The molecular formula is C14H16O. The molecule has 0 saturated heterocycles. The molecule has 1 spiro atoms. The third-order valence-corrected chi connectivity index (χ3v) is 4.34. The van der Waals surface area contributed by atoms with E-state index >= 15 is 0 Å². The van der Waals surface area contributed by atoms with Gasteiger partial charge in [-0.25, -0.2) is 0 Å². The second kappa shape index (κ2) is 2.94. The number of hydrogen-bond acceptors (Lipinski definition) is 1. The van der Waals surface area contributed by atoms with Gasteiger partial charge in [0, 0.05) is 17.8 Å². The molecular weight excluding hydrogens is 184 g/mol. The summed E-state index contributed by atoms with van der Waals surface area (Å²) < 4.78 is 0. The molecule has 0 aromatic heterocycles. The van der Waals surface area contributed by atoms with Gasteiger partial charge in [0.25, 0.3) is 0 Å². The zero-order chi connectivity index (χ0) is 10.5. The van der Waals surface area contributed by atoms with Crippen molar-refractivity contribution >= 4 is 5.78 Å². The highest BCUT2D eigenvalue weighted by molar-refractivity contribution is 5.94. The van der Waals surface area contributed by atoms with Gasteiger partial charge in [0.2, 0.25) is 0 Å². The lowest BCUT2D eigenvalue weighted by atomic mass is 9.47. The van der Waals surface area contributed by atoms with E-state index in [1.807, 2.05) is 0 Å². The smallest absolute Gasteiger partial charge is 0.140 e. The van der Waals surface area contributed by atoms with Gasteiger partial charge >= 0.3 is 0 Å². The molecule has 2 aliphatic rings. The fourth-order valence-electron chi connectivity index (χ4n) is 3.07. The SMILES string of the molecule is Cc1ccc(C2CC(=O)C23CCC3)cc1. The van der Waals surface area contributed by atoms with Crippen molar-refractivity contribution in [2.45, 2.75) is 38.5 Å². The highest BCUT2D eigenvalue weighted by Crippen LogP contribution is 2.61. The lowest BCUT2D eigenvalue weighted by Gasteiger charge is -2.54. The number of hydrogen-bond donors (Lipinski definition) is 0. The minimum atomic E-state index is 0.0786. The van der Waals surface area contributed by atoms with E-state index in [0.717, 1.165) is 19.3 Å². The van der Waals surface area contributed by atoms with Crippen molar-refractivity contribution in [3.63, 3.8) is 0 Å². The van der Waals surface area contributed by atoms with Crippen LogP contribution in [0.2, 0.25) is 0 Å². The van der Waals surface area contributed by atoms with Gasteiger partial charge in [0.1, 0.15) is 5.78 Å². The molecule has 15 heavy (non-hydrogen) atoms. The van der Waals surface area contributed by atoms with E-state index in [1.54, 1.807) is 0 Å². The summed E-state index contributed by atoms with van der Waals surface area (Å²) >= 11 is 0. The van der Waals surface area contributed by atoms with Crippen LogP contribution in [0.15, 0.2) is 24.3 Å². The highest BCUT2D eigenvalue weighted by Gasteiger charge is 2.58. The molecule has 1 aromatic rings. The summed E-state index contributed by atoms with van der Waals surface area (Å²) in [5, 5.41) is 0. The molecule has 2 fully saturated rings. The first-order chi connectivity index (χ1) is 7.22. The van der Waals surface area contributed by atoms with Gasteiger partial charge in [-0.05, 0) is 25.3 Å². The second-order valence-corrected chi connectivity index (χ2v) is 5.10. The number of aryl methyl sites for hydroxylation is 1. The van der Waals surface area contributed by atoms with E-state index in [4.69, 9.17) is 0 Å². The molecule has 1 nitrogen and oxygen atoms in total. The Hall–Kier alpha value is -1.11. The van der Waals surface area contributed by atoms with E-state index in [2.05, 4.69) is 31.2 Å². The predicted octanol–water partition coefficient (Wildman–Crippen LogP) is 3.22. The Kier molecular flexibility index (Phi) is 1.79. The average Bonchev–Trinajstić information content (AvgIpc) is 2.13. The monoisotopic (exact) mass is 200 g/mol. The molecule has 0 bridgehead atoms. The van der Waals surface area contributed by atoms with Crippen LogP contribution in [0.3, 0.4) is 0 Å². The first kappa shape index (κ1) is 9.14. The van der Waals surface area contributed by atoms with Gasteiger partial charge < -0.3 is 0 Å². The number of carbonyl (C=O) groups is 1. The zero-order valence-corrected chi connectivity index (χ0v) is 9.12. The predicted molar refractivity (Wildman–Crippen MR) is 59.8 cm³/mol. The molecule has 3 rings (SSSR count). The maximum atomic E-state index is 11.7. The molecule has 1 unspecified atom stereocenters. The summed E-state index contributed by atoms with van der Waals surface area (Å²) in [7, 11) is 0. The van der Waals surface area contributed by atoms with Crippen LogP contribution in [0, 0.1) is 12.3 Å². The summed E-state index contributed by atoms with van der Waals surface area (Å²) in [6.45, 7) is 2.11. The van der Waals surface area contributed by atoms with Gasteiger partial charge in [-0.15, -0.1) is 0 Å². The Balaban J connectivity index is 1.90. The molecule has 2 saturated carbocycles. The van der Waals surface area contributed by atoms with E-state index in [-0.39, 0.29) is 5.41 Å². The fraction of sp³-hybridized carbons (Fsp3) is 0.500. The topological polar surface area (TPSA) is 17.1 Å². The molecule has 2 aliphatic carbocycles. The van der Waals surface area contributed by atoms with Crippen molar-refractivity contribution in [3.05, 3.63) is 35.4 Å². The number of benzene rings is 1.